The minimum absolute atomic E-state index is 0.0816. The Morgan fingerprint density at radius 1 is 1.16 bits per heavy atom. The van der Waals surface area contributed by atoms with Crippen LogP contribution in [0.1, 0.15) is 48.1 Å². The molecule has 0 aliphatic carbocycles. The topological polar surface area (TPSA) is 76.5 Å². The summed E-state index contributed by atoms with van der Waals surface area (Å²) in [5.74, 6) is 0.710. The maximum absolute atomic E-state index is 13.1. The van der Waals surface area contributed by atoms with Gasteiger partial charge in [-0.25, -0.2) is 0 Å². The Morgan fingerprint density at radius 2 is 1.90 bits per heavy atom. The second kappa shape index (κ2) is 9.09. The summed E-state index contributed by atoms with van der Waals surface area (Å²) >= 11 is 0. The zero-order valence-electron chi connectivity index (χ0n) is 18.0. The lowest BCUT2D eigenvalue weighted by Crippen LogP contribution is -2.20. The average molecular weight is 435 g/mol. The van der Waals surface area contributed by atoms with Crippen molar-refractivity contribution in [1.29, 1.82) is 0 Å². The SMILES string of the molecule is COc1cc(N)c(CNC(C)c2cc(N)cc(C(F)(F)F)c2)cc1C1=CN(C)CCC1. The van der Waals surface area contributed by atoms with E-state index in [1.807, 2.05) is 13.1 Å². The number of nitrogens with two attached hydrogens (primary N) is 2. The van der Waals surface area contributed by atoms with E-state index in [1.165, 1.54) is 5.57 Å². The normalized spacial score (nSPS) is 15.5. The molecule has 2 aromatic carbocycles. The molecule has 1 aliphatic rings. The summed E-state index contributed by atoms with van der Waals surface area (Å²) < 4.78 is 44.9. The highest BCUT2D eigenvalue weighted by Crippen LogP contribution is 2.36. The maximum atomic E-state index is 13.1. The lowest BCUT2D eigenvalue weighted by molar-refractivity contribution is -0.137. The number of anilines is 2. The first-order valence-corrected chi connectivity index (χ1v) is 10.2. The molecule has 1 aliphatic heterocycles. The molecule has 0 radical (unpaired) electrons. The van der Waals surface area contributed by atoms with Gasteiger partial charge in [0.15, 0.2) is 0 Å². The monoisotopic (exact) mass is 434 g/mol. The van der Waals surface area contributed by atoms with Gasteiger partial charge < -0.3 is 26.4 Å². The van der Waals surface area contributed by atoms with Crippen LogP contribution in [-0.4, -0.2) is 25.6 Å². The van der Waals surface area contributed by atoms with Gasteiger partial charge in [0.2, 0.25) is 0 Å². The van der Waals surface area contributed by atoms with E-state index in [9.17, 15) is 13.2 Å². The van der Waals surface area contributed by atoms with Crippen LogP contribution in [0.3, 0.4) is 0 Å². The molecule has 168 valence electrons. The van der Waals surface area contributed by atoms with Gasteiger partial charge in [-0.1, -0.05) is 0 Å². The number of nitrogen functional groups attached to an aromatic ring is 2. The fraction of sp³-hybridized carbons (Fsp3) is 0.391. The van der Waals surface area contributed by atoms with Gasteiger partial charge in [0.1, 0.15) is 5.75 Å². The number of nitrogens with one attached hydrogen (secondary N) is 1. The Hall–Kier alpha value is -2.87. The second-order valence-corrected chi connectivity index (χ2v) is 7.98. The molecule has 8 heteroatoms. The number of hydrogen-bond donors (Lipinski definition) is 3. The second-order valence-electron chi connectivity index (χ2n) is 7.98. The van der Waals surface area contributed by atoms with Crippen LogP contribution in [-0.2, 0) is 12.7 Å². The lowest BCUT2D eigenvalue weighted by Gasteiger charge is -2.24. The number of hydrogen-bond acceptors (Lipinski definition) is 5. The summed E-state index contributed by atoms with van der Waals surface area (Å²) in [5.41, 5.74) is 15.3. The van der Waals surface area contributed by atoms with Crippen molar-refractivity contribution in [2.75, 3.05) is 32.2 Å². The molecule has 31 heavy (non-hydrogen) atoms. The Bertz CT molecular complexity index is 972. The first-order chi connectivity index (χ1) is 14.6. The first kappa shape index (κ1) is 22.8. The van der Waals surface area contributed by atoms with Crippen LogP contribution in [0.15, 0.2) is 36.5 Å². The minimum Gasteiger partial charge on any atom is -0.496 e. The zero-order chi connectivity index (χ0) is 22.8. The number of rotatable bonds is 6. The molecule has 1 unspecified atom stereocenters. The van der Waals surface area contributed by atoms with Crippen molar-refractivity contribution >= 4 is 16.9 Å². The van der Waals surface area contributed by atoms with Crippen molar-refractivity contribution in [3.05, 3.63) is 58.8 Å². The summed E-state index contributed by atoms with van der Waals surface area (Å²) in [6.07, 6.45) is -0.336. The summed E-state index contributed by atoms with van der Waals surface area (Å²) in [6, 6.07) is 7.07. The minimum atomic E-state index is -4.44. The Labute approximate surface area is 180 Å². The van der Waals surface area contributed by atoms with E-state index in [4.69, 9.17) is 16.2 Å². The van der Waals surface area contributed by atoms with Crippen molar-refractivity contribution in [3.63, 3.8) is 0 Å². The molecule has 0 saturated carbocycles. The van der Waals surface area contributed by atoms with E-state index in [-0.39, 0.29) is 11.7 Å². The molecule has 0 amide bonds. The van der Waals surface area contributed by atoms with Gasteiger partial charge in [0.25, 0.3) is 0 Å². The quantitative estimate of drug-likeness (QED) is 0.570. The van der Waals surface area contributed by atoms with E-state index in [1.54, 1.807) is 26.2 Å². The molecule has 5 nitrogen and oxygen atoms in total. The van der Waals surface area contributed by atoms with Gasteiger partial charge >= 0.3 is 6.18 Å². The molecule has 3 rings (SSSR count). The van der Waals surface area contributed by atoms with Crippen molar-refractivity contribution in [1.82, 2.24) is 10.2 Å². The number of nitrogens with zero attached hydrogens (tertiary/aromatic N) is 1. The molecule has 0 aromatic heterocycles. The van der Waals surface area contributed by atoms with Gasteiger partial charge in [0, 0.05) is 55.4 Å². The van der Waals surface area contributed by atoms with Crippen LogP contribution in [0, 0.1) is 0 Å². The van der Waals surface area contributed by atoms with Crippen LogP contribution in [0.2, 0.25) is 0 Å². The molecule has 0 bridgehead atoms. The number of alkyl halides is 3. The van der Waals surface area contributed by atoms with Gasteiger partial charge in [-0.3, -0.25) is 0 Å². The van der Waals surface area contributed by atoms with E-state index in [2.05, 4.69) is 16.4 Å². The van der Waals surface area contributed by atoms with E-state index < -0.39 is 11.7 Å². The van der Waals surface area contributed by atoms with E-state index in [0.29, 0.717) is 23.5 Å². The van der Waals surface area contributed by atoms with Crippen LogP contribution in [0.4, 0.5) is 24.5 Å². The third kappa shape index (κ3) is 5.44. The van der Waals surface area contributed by atoms with Crippen LogP contribution < -0.4 is 21.5 Å². The third-order valence-corrected chi connectivity index (χ3v) is 5.54. The van der Waals surface area contributed by atoms with Gasteiger partial charge in [-0.15, -0.1) is 0 Å². The van der Waals surface area contributed by atoms with Crippen molar-refractivity contribution in [2.24, 2.45) is 0 Å². The van der Waals surface area contributed by atoms with Gasteiger partial charge in [-0.05, 0) is 60.7 Å². The Balaban J connectivity index is 1.83. The predicted molar refractivity (Wildman–Crippen MR) is 118 cm³/mol. The zero-order valence-corrected chi connectivity index (χ0v) is 18.0. The van der Waals surface area contributed by atoms with Gasteiger partial charge in [-0.2, -0.15) is 13.2 Å². The summed E-state index contributed by atoms with van der Waals surface area (Å²) in [4.78, 5) is 2.15. The van der Waals surface area contributed by atoms with Gasteiger partial charge in [0.05, 0.1) is 12.7 Å². The van der Waals surface area contributed by atoms with Crippen LogP contribution in [0.5, 0.6) is 5.75 Å². The van der Waals surface area contributed by atoms with E-state index in [0.717, 1.165) is 42.6 Å². The largest absolute Gasteiger partial charge is 0.496 e. The molecular formula is C23H29F3N4O. The van der Waals surface area contributed by atoms with Crippen molar-refractivity contribution in [3.8, 4) is 5.75 Å². The molecule has 0 saturated heterocycles. The number of benzene rings is 2. The maximum Gasteiger partial charge on any atom is 0.416 e. The van der Waals surface area contributed by atoms with Crippen molar-refractivity contribution in [2.45, 2.75) is 38.5 Å². The Morgan fingerprint density at radius 3 is 2.55 bits per heavy atom. The van der Waals surface area contributed by atoms with Crippen LogP contribution in [0.25, 0.3) is 5.57 Å². The molecule has 1 heterocycles. The predicted octanol–water partition coefficient (Wildman–Crippen LogP) is 4.80. The summed E-state index contributed by atoms with van der Waals surface area (Å²) in [7, 11) is 3.65. The highest BCUT2D eigenvalue weighted by Gasteiger charge is 2.31. The molecule has 0 fully saturated rings. The highest BCUT2D eigenvalue weighted by atomic mass is 19.4. The fourth-order valence-corrected chi connectivity index (χ4v) is 3.80. The summed E-state index contributed by atoms with van der Waals surface area (Å²) in [6.45, 7) is 3.20. The summed E-state index contributed by atoms with van der Waals surface area (Å²) in [5, 5.41) is 3.26. The third-order valence-electron chi connectivity index (χ3n) is 5.54. The molecular weight excluding hydrogens is 405 g/mol. The highest BCUT2D eigenvalue weighted by molar-refractivity contribution is 5.74. The molecule has 5 N–H and O–H groups in total. The number of ether oxygens (including phenoxy) is 1. The average Bonchev–Trinajstić information content (AvgIpc) is 2.71. The standard InChI is InChI=1S/C23H29F3N4O/c1-14(16-7-18(23(24,25)26)10-19(27)8-16)29-12-17-9-20(22(31-3)11-21(17)28)15-5-4-6-30(2)13-15/h7-11,13-14,29H,4-6,12,27-28H2,1-3H3. The fourth-order valence-electron chi connectivity index (χ4n) is 3.80. The molecule has 1 atom stereocenters. The first-order valence-electron chi connectivity index (χ1n) is 10.2. The van der Waals surface area contributed by atoms with E-state index >= 15 is 0 Å². The number of halogens is 3. The lowest BCUT2D eigenvalue weighted by atomic mass is 9.95. The molecule has 0 spiro atoms. The Kier molecular flexibility index (Phi) is 6.69. The number of allylic oxidation sites excluding steroid dienone is 1. The number of methoxy groups -OCH3 is 1. The van der Waals surface area contributed by atoms with Crippen molar-refractivity contribution < 1.29 is 17.9 Å². The smallest absolute Gasteiger partial charge is 0.416 e. The van der Waals surface area contributed by atoms with Crippen LogP contribution >= 0.6 is 0 Å². The molecule has 2 aromatic rings.